The van der Waals surface area contributed by atoms with Crippen LogP contribution in [0.4, 0.5) is 0 Å². The Balaban J connectivity index is 3.20. The second-order valence-electron chi connectivity index (χ2n) is 2.80. The maximum absolute atomic E-state index is 10.8. The first-order valence-corrected chi connectivity index (χ1v) is 5.59. The van der Waals surface area contributed by atoms with Gasteiger partial charge in [-0.25, -0.2) is 0 Å². The third-order valence-corrected chi connectivity index (χ3v) is 2.86. The number of rotatable bonds is 5. The molecule has 1 aromatic rings. The minimum absolute atomic E-state index is 0.509. The molecule has 0 saturated heterocycles. The van der Waals surface area contributed by atoms with E-state index in [9.17, 15) is 4.79 Å². The number of carbonyl (C=O) groups is 1. The Bertz CT molecular complexity index is 350. The Hall–Kier alpha value is -1.16. The van der Waals surface area contributed by atoms with Crippen LogP contribution in [0, 0.1) is 0 Å². The number of ether oxygens (including phenoxy) is 2. The van der Waals surface area contributed by atoms with Crippen LogP contribution in [0.2, 0.25) is 0 Å². The van der Waals surface area contributed by atoms with Crippen LogP contribution in [-0.2, 0) is 0 Å². The van der Waals surface area contributed by atoms with Crippen molar-refractivity contribution in [3.8, 4) is 11.5 Å². The molecule has 1 aromatic carbocycles. The SMILES string of the molecule is CCSc1cc(OC)c(C=O)cc1OC. The van der Waals surface area contributed by atoms with Crippen LogP contribution in [0.5, 0.6) is 11.5 Å². The lowest BCUT2D eigenvalue weighted by molar-refractivity contribution is 0.112. The minimum Gasteiger partial charge on any atom is -0.496 e. The van der Waals surface area contributed by atoms with Crippen LogP contribution in [0.25, 0.3) is 0 Å². The van der Waals surface area contributed by atoms with Crippen LogP contribution in [0.15, 0.2) is 17.0 Å². The zero-order valence-corrected chi connectivity index (χ0v) is 9.89. The van der Waals surface area contributed by atoms with Gasteiger partial charge >= 0.3 is 0 Å². The molecule has 0 bridgehead atoms. The van der Waals surface area contributed by atoms with E-state index in [1.54, 1.807) is 32.0 Å². The number of hydrogen-bond acceptors (Lipinski definition) is 4. The van der Waals surface area contributed by atoms with Gasteiger partial charge in [0, 0.05) is 0 Å². The maximum atomic E-state index is 10.8. The fraction of sp³-hybridized carbons (Fsp3) is 0.364. The highest BCUT2D eigenvalue weighted by molar-refractivity contribution is 7.99. The van der Waals surface area contributed by atoms with Crippen molar-refractivity contribution in [2.24, 2.45) is 0 Å². The van der Waals surface area contributed by atoms with Crippen molar-refractivity contribution in [1.82, 2.24) is 0 Å². The Morgan fingerprint density at radius 3 is 2.40 bits per heavy atom. The molecule has 0 heterocycles. The molecule has 0 aromatic heterocycles. The Morgan fingerprint density at radius 2 is 1.93 bits per heavy atom. The summed E-state index contributed by atoms with van der Waals surface area (Å²) in [7, 11) is 3.14. The number of thioether (sulfide) groups is 1. The molecule has 0 spiro atoms. The third-order valence-electron chi connectivity index (χ3n) is 1.94. The fourth-order valence-corrected chi connectivity index (χ4v) is 2.04. The van der Waals surface area contributed by atoms with Crippen LogP contribution >= 0.6 is 11.8 Å². The quantitative estimate of drug-likeness (QED) is 0.571. The molecule has 0 saturated carbocycles. The van der Waals surface area contributed by atoms with Crippen LogP contribution in [0.1, 0.15) is 17.3 Å². The van der Waals surface area contributed by atoms with Crippen molar-refractivity contribution in [2.75, 3.05) is 20.0 Å². The molecular formula is C11H14O3S. The highest BCUT2D eigenvalue weighted by Crippen LogP contribution is 2.34. The number of hydrogen-bond donors (Lipinski definition) is 0. The Kier molecular flexibility index (Phi) is 4.49. The van der Waals surface area contributed by atoms with E-state index in [1.807, 2.05) is 6.07 Å². The molecule has 0 radical (unpaired) electrons. The zero-order chi connectivity index (χ0) is 11.3. The molecule has 0 amide bonds. The second-order valence-corrected chi connectivity index (χ2v) is 4.10. The van der Waals surface area contributed by atoms with Crippen LogP contribution in [-0.4, -0.2) is 26.3 Å². The molecule has 82 valence electrons. The number of methoxy groups -OCH3 is 2. The highest BCUT2D eigenvalue weighted by Gasteiger charge is 2.10. The Labute approximate surface area is 93.8 Å². The van der Waals surface area contributed by atoms with Gasteiger partial charge in [-0.15, -0.1) is 11.8 Å². The van der Waals surface area contributed by atoms with Gasteiger partial charge in [-0.1, -0.05) is 6.92 Å². The van der Waals surface area contributed by atoms with Crippen molar-refractivity contribution in [3.63, 3.8) is 0 Å². The third kappa shape index (κ3) is 2.65. The van der Waals surface area contributed by atoms with E-state index in [4.69, 9.17) is 9.47 Å². The van der Waals surface area contributed by atoms with Crippen molar-refractivity contribution >= 4 is 18.0 Å². The first-order chi connectivity index (χ1) is 7.26. The van der Waals surface area contributed by atoms with Crippen molar-refractivity contribution in [2.45, 2.75) is 11.8 Å². The van der Waals surface area contributed by atoms with Crippen LogP contribution in [0.3, 0.4) is 0 Å². The maximum Gasteiger partial charge on any atom is 0.153 e. The molecule has 3 nitrogen and oxygen atoms in total. The lowest BCUT2D eigenvalue weighted by atomic mass is 10.2. The molecule has 0 fully saturated rings. The van der Waals surface area contributed by atoms with E-state index < -0.39 is 0 Å². The van der Waals surface area contributed by atoms with Gasteiger partial charge in [0.25, 0.3) is 0 Å². The standard InChI is InChI=1S/C11H14O3S/c1-4-15-11-6-9(13-2)8(7-12)5-10(11)14-3/h5-7H,4H2,1-3H3. The van der Waals surface area contributed by atoms with E-state index >= 15 is 0 Å². The van der Waals surface area contributed by atoms with E-state index in [2.05, 4.69) is 6.92 Å². The molecule has 0 aliphatic rings. The largest absolute Gasteiger partial charge is 0.496 e. The fourth-order valence-electron chi connectivity index (χ4n) is 1.25. The summed E-state index contributed by atoms with van der Waals surface area (Å²) in [4.78, 5) is 11.8. The van der Waals surface area contributed by atoms with Crippen molar-refractivity contribution < 1.29 is 14.3 Å². The summed E-state index contributed by atoms with van der Waals surface area (Å²) in [6.45, 7) is 2.06. The minimum atomic E-state index is 0.509. The molecule has 0 aliphatic carbocycles. The summed E-state index contributed by atoms with van der Waals surface area (Å²) in [5, 5.41) is 0. The number of carbonyl (C=O) groups excluding carboxylic acids is 1. The zero-order valence-electron chi connectivity index (χ0n) is 9.07. The number of benzene rings is 1. The van der Waals surface area contributed by atoms with Gasteiger partial charge in [-0.2, -0.15) is 0 Å². The van der Waals surface area contributed by atoms with Gasteiger partial charge in [0.1, 0.15) is 11.5 Å². The topological polar surface area (TPSA) is 35.5 Å². The van der Waals surface area contributed by atoms with E-state index in [0.29, 0.717) is 17.1 Å². The average Bonchev–Trinajstić information content (AvgIpc) is 2.28. The molecule has 0 aliphatic heterocycles. The van der Waals surface area contributed by atoms with Crippen LogP contribution < -0.4 is 9.47 Å². The van der Waals surface area contributed by atoms with E-state index in [0.717, 1.165) is 16.9 Å². The summed E-state index contributed by atoms with van der Waals surface area (Å²) >= 11 is 1.65. The molecule has 15 heavy (non-hydrogen) atoms. The predicted molar refractivity (Wildman–Crippen MR) is 61.3 cm³/mol. The first-order valence-electron chi connectivity index (χ1n) is 4.60. The lowest BCUT2D eigenvalue weighted by Crippen LogP contribution is -1.94. The molecular weight excluding hydrogens is 212 g/mol. The molecule has 0 N–H and O–H groups in total. The summed E-state index contributed by atoms with van der Waals surface area (Å²) in [6, 6.07) is 3.53. The highest BCUT2D eigenvalue weighted by atomic mass is 32.2. The van der Waals surface area contributed by atoms with Gasteiger partial charge in [0.05, 0.1) is 24.7 Å². The predicted octanol–water partition coefficient (Wildman–Crippen LogP) is 2.63. The van der Waals surface area contributed by atoms with E-state index in [1.165, 1.54) is 0 Å². The molecule has 0 atom stereocenters. The molecule has 4 heteroatoms. The van der Waals surface area contributed by atoms with Gasteiger partial charge in [0.15, 0.2) is 6.29 Å². The summed E-state index contributed by atoms with van der Waals surface area (Å²) in [5.74, 6) is 2.24. The van der Waals surface area contributed by atoms with Crippen molar-refractivity contribution in [1.29, 1.82) is 0 Å². The Morgan fingerprint density at radius 1 is 1.27 bits per heavy atom. The molecule has 0 unspecified atom stereocenters. The van der Waals surface area contributed by atoms with E-state index in [-0.39, 0.29) is 0 Å². The normalized spacial score (nSPS) is 9.80. The first kappa shape index (κ1) is 11.9. The lowest BCUT2D eigenvalue weighted by Gasteiger charge is -2.11. The summed E-state index contributed by atoms with van der Waals surface area (Å²) < 4.78 is 10.3. The monoisotopic (exact) mass is 226 g/mol. The second kappa shape index (κ2) is 5.66. The van der Waals surface area contributed by atoms with Crippen molar-refractivity contribution in [3.05, 3.63) is 17.7 Å². The van der Waals surface area contributed by atoms with Gasteiger partial charge < -0.3 is 9.47 Å². The average molecular weight is 226 g/mol. The summed E-state index contributed by atoms with van der Waals surface area (Å²) in [5.41, 5.74) is 0.509. The smallest absolute Gasteiger partial charge is 0.153 e. The van der Waals surface area contributed by atoms with Gasteiger partial charge in [0.2, 0.25) is 0 Å². The summed E-state index contributed by atoms with van der Waals surface area (Å²) in [6.07, 6.45) is 0.766. The number of aldehydes is 1. The van der Waals surface area contributed by atoms with Gasteiger partial charge in [-0.3, -0.25) is 4.79 Å². The molecule has 1 rings (SSSR count). The van der Waals surface area contributed by atoms with Gasteiger partial charge in [-0.05, 0) is 17.9 Å².